The van der Waals surface area contributed by atoms with E-state index in [1.54, 1.807) is 6.08 Å². The van der Waals surface area contributed by atoms with Gasteiger partial charge >= 0.3 is 5.97 Å². The van der Waals surface area contributed by atoms with Gasteiger partial charge in [-0.25, -0.2) is 0 Å². The van der Waals surface area contributed by atoms with E-state index in [0.29, 0.717) is 35.2 Å². The van der Waals surface area contributed by atoms with Crippen molar-refractivity contribution >= 4 is 5.97 Å². The third kappa shape index (κ3) is 2.91. The third-order valence-corrected chi connectivity index (χ3v) is 12.2. The second-order valence-corrected chi connectivity index (χ2v) is 13.5. The molecule has 5 unspecified atom stereocenters. The van der Waals surface area contributed by atoms with Crippen LogP contribution in [0.1, 0.15) is 98.3 Å². The normalized spacial score (nSPS) is 51.5. The van der Waals surface area contributed by atoms with Crippen molar-refractivity contribution in [3.63, 3.8) is 0 Å². The summed E-state index contributed by atoms with van der Waals surface area (Å²) in [7, 11) is 0. The Hall–Kier alpha value is -0.830. The molecule has 0 spiro atoms. The van der Waals surface area contributed by atoms with Crippen LogP contribution in [0, 0.1) is 51.2 Å². The number of hydrogen-bond acceptors (Lipinski definition) is 3. The molecule has 0 aliphatic heterocycles. The van der Waals surface area contributed by atoms with Gasteiger partial charge in [0.25, 0.3) is 0 Å². The Balaban J connectivity index is 1.44. The Bertz CT molecular complexity index is 772. The largest absolute Gasteiger partial charge is 0.461 e. The van der Waals surface area contributed by atoms with Crippen molar-refractivity contribution in [3.05, 3.63) is 12.7 Å². The Morgan fingerprint density at radius 3 is 2.41 bits per heavy atom. The van der Waals surface area contributed by atoms with E-state index in [4.69, 9.17) is 4.74 Å². The summed E-state index contributed by atoms with van der Waals surface area (Å²) in [5.41, 5.74) is 0.527. The molecular weight excluding hydrogens is 396 g/mol. The number of hydrogen-bond donors (Lipinski definition) is 1. The van der Waals surface area contributed by atoms with Crippen LogP contribution < -0.4 is 0 Å². The molecule has 0 amide bonds. The SMILES string of the molecule is C=CCOC(=O)[C@]12CCCC1C1CCC3[C@@](C)(CCC4C(C)(C)[C@@H](O)CC[C@@]43C)C1CC2. The molecule has 3 nitrogen and oxygen atoms in total. The number of aliphatic hydroxyl groups excluding tert-OH is 1. The Labute approximate surface area is 195 Å². The predicted octanol–water partition coefficient (Wildman–Crippen LogP) is 6.54. The summed E-state index contributed by atoms with van der Waals surface area (Å²) in [5.74, 6) is 3.40. The quantitative estimate of drug-likeness (QED) is 0.399. The van der Waals surface area contributed by atoms with Crippen LogP contribution >= 0.6 is 0 Å². The van der Waals surface area contributed by atoms with Gasteiger partial charge in [-0.2, -0.15) is 0 Å². The lowest BCUT2D eigenvalue weighted by atomic mass is 9.36. The Kier molecular flexibility index (Phi) is 5.44. The molecule has 0 heterocycles. The Morgan fingerprint density at radius 2 is 1.66 bits per heavy atom. The fraction of sp³-hybridized carbons (Fsp3) is 0.897. The number of fused-ring (bicyclic) bond motifs is 7. The number of carbonyl (C=O) groups is 1. The summed E-state index contributed by atoms with van der Waals surface area (Å²) in [5, 5.41) is 10.8. The molecule has 32 heavy (non-hydrogen) atoms. The zero-order valence-electron chi connectivity index (χ0n) is 21.0. The van der Waals surface area contributed by atoms with E-state index in [2.05, 4.69) is 34.3 Å². The minimum Gasteiger partial charge on any atom is -0.461 e. The van der Waals surface area contributed by atoms with E-state index in [0.717, 1.165) is 31.1 Å². The number of esters is 1. The first-order valence-corrected chi connectivity index (χ1v) is 13.6. The summed E-state index contributed by atoms with van der Waals surface area (Å²) in [6, 6.07) is 0. The first-order chi connectivity index (χ1) is 15.1. The van der Waals surface area contributed by atoms with Crippen LogP contribution in [0.3, 0.4) is 0 Å². The van der Waals surface area contributed by atoms with Gasteiger partial charge in [0, 0.05) is 0 Å². The summed E-state index contributed by atoms with van der Waals surface area (Å²) in [4.78, 5) is 13.2. The van der Waals surface area contributed by atoms with Gasteiger partial charge in [-0.15, -0.1) is 0 Å². The van der Waals surface area contributed by atoms with E-state index in [-0.39, 0.29) is 22.9 Å². The van der Waals surface area contributed by atoms with Crippen LogP contribution in [0.2, 0.25) is 0 Å². The molecule has 5 saturated carbocycles. The highest BCUT2D eigenvalue weighted by Gasteiger charge is 2.67. The van der Waals surface area contributed by atoms with Crippen LogP contribution in [0.25, 0.3) is 0 Å². The van der Waals surface area contributed by atoms with E-state index < -0.39 is 0 Å². The maximum atomic E-state index is 13.2. The van der Waals surface area contributed by atoms with E-state index in [1.807, 2.05) is 0 Å². The molecule has 9 atom stereocenters. The lowest BCUT2D eigenvalue weighted by molar-refractivity contribution is -0.217. The monoisotopic (exact) mass is 442 g/mol. The maximum absolute atomic E-state index is 13.2. The van der Waals surface area contributed by atoms with Crippen molar-refractivity contribution in [3.8, 4) is 0 Å². The zero-order chi connectivity index (χ0) is 22.9. The fourth-order valence-electron chi connectivity index (χ4n) is 10.8. The first-order valence-electron chi connectivity index (χ1n) is 13.6. The second-order valence-electron chi connectivity index (χ2n) is 13.5. The molecule has 0 aromatic heterocycles. The van der Waals surface area contributed by atoms with Gasteiger partial charge in [0.2, 0.25) is 0 Å². The number of ether oxygens (including phenoxy) is 1. The van der Waals surface area contributed by atoms with Gasteiger partial charge in [0.05, 0.1) is 11.5 Å². The van der Waals surface area contributed by atoms with Crippen molar-refractivity contribution in [2.24, 2.45) is 51.2 Å². The van der Waals surface area contributed by atoms with Crippen molar-refractivity contribution in [1.82, 2.24) is 0 Å². The molecule has 0 bridgehead atoms. The van der Waals surface area contributed by atoms with E-state index >= 15 is 0 Å². The molecule has 5 rings (SSSR count). The average Bonchev–Trinajstić information content (AvgIpc) is 3.20. The molecule has 3 heteroatoms. The molecule has 5 fully saturated rings. The molecule has 5 aliphatic carbocycles. The van der Waals surface area contributed by atoms with E-state index in [1.165, 1.54) is 51.4 Å². The molecule has 5 aliphatic rings. The molecule has 180 valence electrons. The topological polar surface area (TPSA) is 46.5 Å². The molecule has 0 saturated heterocycles. The average molecular weight is 443 g/mol. The van der Waals surface area contributed by atoms with Crippen LogP contribution in [0.4, 0.5) is 0 Å². The lowest BCUT2D eigenvalue weighted by Gasteiger charge is -2.69. The van der Waals surface area contributed by atoms with Gasteiger partial charge in [-0.3, -0.25) is 4.79 Å². The Morgan fingerprint density at radius 1 is 0.906 bits per heavy atom. The van der Waals surface area contributed by atoms with Crippen molar-refractivity contribution in [1.29, 1.82) is 0 Å². The minimum absolute atomic E-state index is 0.0211. The zero-order valence-corrected chi connectivity index (χ0v) is 21.0. The van der Waals surface area contributed by atoms with Crippen molar-refractivity contribution in [2.45, 2.75) is 104 Å². The highest BCUT2D eigenvalue weighted by molar-refractivity contribution is 5.78. The summed E-state index contributed by atoms with van der Waals surface area (Å²) >= 11 is 0. The summed E-state index contributed by atoms with van der Waals surface area (Å²) in [6.45, 7) is 14.0. The summed E-state index contributed by atoms with van der Waals surface area (Å²) < 4.78 is 5.69. The van der Waals surface area contributed by atoms with Crippen molar-refractivity contribution < 1.29 is 14.6 Å². The van der Waals surface area contributed by atoms with Gasteiger partial charge in [0.15, 0.2) is 0 Å². The number of aliphatic hydroxyl groups is 1. The highest BCUT2D eigenvalue weighted by atomic mass is 16.5. The molecule has 0 aromatic carbocycles. The third-order valence-electron chi connectivity index (χ3n) is 12.2. The van der Waals surface area contributed by atoms with Gasteiger partial charge in [-0.1, -0.05) is 46.8 Å². The number of carbonyl (C=O) groups excluding carboxylic acids is 1. The standard InChI is InChI=1S/C29H46O3/c1-6-18-32-25(31)29-14-7-8-21(29)19-9-10-23-27(4,20(19)11-17-29)15-12-22-26(2,3)24(30)13-16-28(22,23)5/h6,19-24,30H,1,7-18H2,2-5H3/t19?,20?,21?,22?,23?,24-,27-,28-,29-/m0/s1. The number of rotatable bonds is 3. The molecule has 0 aromatic rings. The maximum Gasteiger partial charge on any atom is 0.312 e. The van der Waals surface area contributed by atoms with Gasteiger partial charge in [-0.05, 0) is 110 Å². The van der Waals surface area contributed by atoms with Crippen molar-refractivity contribution in [2.75, 3.05) is 6.61 Å². The smallest absolute Gasteiger partial charge is 0.312 e. The van der Waals surface area contributed by atoms with Crippen LogP contribution in [0.5, 0.6) is 0 Å². The van der Waals surface area contributed by atoms with E-state index in [9.17, 15) is 9.90 Å². The minimum atomic E-state index is -0.217. The van der Waals surface area contributed by atoms with Gasteiger partial charge in [0.1, 0.15) is 6.61 Å². The predicted molar refractivity (Wildman–Crippen MR) is 128 cm³/mol. The van der Waals surface area contributed by atoms with Crippen LogP contribution in [-0.4, -0.2) is 23.8 Å². The van der Waals surface area contributed by atoms with Crippen LogP contribution in [-0.2, 0) is 9.53 Å². The molecular formula is C29H46O3. The highest BCUT2D eigenvalue weighted by Crippen LogP contribution is 2.73. The lowest BCUT2D eigenvalue weighted by Crippen LogP contribution is -2.63. The summed E-state index contributed by atoms with van der Waals surface area (Å²) in [6.07, 6.45) is 14.5. The second kappa shape index (κ2) is 7.59. The fourth-order valence-corrected chi connectivity index (χ4v) is 10.8. The van der Waals surface area contributed by atoms with Gasteiger partial charge < -0.3 is 9.84 Å². The molecule has 1 N–H and O–H groups in total. The van der Waals surface area contributed by atoms with Crippen LogP contribution in [0.15, 0.2) is 12.7 Å². The molecule has 0 radical (unpaired) electrons. The first kappa shape index (κ1) is 22.9.